The van der Waals surface area contributed by atoms with Crippen LogP contribution >= 0.6 is 24.2 Å². The van der Waals surface area contributed by atoms with E-state index >= 15 is 0 Å². The normalized spacial score (nSPS) is 16.0. The highest BCUT2D eigenvalue weighted by atomic mass is 35.5. The van der Waals surface area contributed by atoms with Gasteiger partial charge in [-0.25, -0.2) is 0 Å². The van der Waals surface area contributed by atoms with Crippen LogP contribution in [0.1, 0.15) is 23.2 Å². The summed E-state index contributed by atoms with van der Waals surface area (Å²) in [7, 11) is 1.76. The zero-order valence-electron chi connectivity index (χ0n) is 14.8. The van der Waals surface area contributed by atoms with Crippen LogP contribution in [0.3, 0.4) is 0 Å². The minimum absolute atomic E-state index is 0. The van der Waals surface area contributed by atoms with Crippen LogP contribution in [0.15, 0.2) is 34.6 Å². The van der Waals surface area contributed by atoms with Gasteiger partial charge in [0, 0.05) is 25.2 Å². The van der Waals surface area contributed by atoms with E-state index in [1.54, 1.807) is 23.7 Å². The topological polar surface area (TPSA) is 115 Å². The number of amides is 1. The largest absolute Gasteiger partial charge is 0.352 e. The van der Waals surface area contributed by atoms with E-state index in [9.17, 15) is 14.9 Å². The third kappa shape index (κ3) is 5.41. The minimum Gasteiger partial charge on any atom is -0.352 e. The average molecular weight is 413 g/mol. The van der Waals surface area contributed by atoms with Gasteiger partial charge in [-0.1, -0.05) is 0 Å². The molecule has 27 heavy (non-hydrogen) atoms. The summed E-state index contributed by atoms with van der Waals surface area (Å²) in [5.41, 5.74) is 0.161. The first-order chi connectivity index (χ1) is 12.5. The number of hydrogen-bond acceptors (Lipinski definition) is 7. The van der Waals surface area contributed by atoms with Crippen molar-refractivity contribution in [1.82, 2.24) is 25.4 Å². The molecule has 146 valence electrons. The van der Waals surface area contributed by atoms with E-state index in [-0.39, 0.29) is 29.6 Å². The second kappa shape index (κ2) is 9.67. The molecule has 0 bridgehead atoms. The van der Waals surface area contributed by atoms with Gasteiger partial charge >= 0.3 is 0 Å². The van der Waals surface area contributed by atoms with Gasteiger partial charge in [0.2, 0.25) is 0 Å². The molecule has 1 amide bonds. The van der Waals surface area contributed by atoms with Crippen LogP contribution in [0.2, 0.25) is 0 Å². The van der Waals surface area contributed by atoms with Crippen LogP contribution in [0, 0.1) is 16.0 Å². The van der Waals surface area contributed by atoms with Gasteiger partial charge in [0.1, 0.15) is 6.33 Å². The highest BCUT2D eigenvalue weighted by molar-refractivity contribution is 7.99. The molecule has 1 saturated heterocycles. The summed E-state index contributed by atoms with van der Waals surface area (Å²) >= 11 is 1.14. The van der Waals surface area contributed by atoms with E-state index in [4.69, 9.17) is 0 Å². The Labute approximate surface area is 166 Å². The minimum atomic E-state index is -0.486. The molecule has 0 radical (unpaired) electrons. The number of aryl methyl sites for hydroxylation is 1. The van der Waals surface area contributed by atoms with Crippen LogP contribution in [-0.4, -0.2) is 45.2 Å². The first-order valence-corrected chi connectivity index (χ1v) is 9.15. The second-order valence-electron chi connectivity index (χ2n) is 6.17. The quantitative estimate of drug-likeness (QED) is 0.528. The van der Waals surface area contributed by atoms with Gasteiger partial charge in [-0.15, -0.1) is 22.6 Å². The predicted molar refractivity (Wildman–Crippen MR) is 103 cm³/mol. The Morgan fingerprint density at radius 2 is 2.33 bits per heavy atom. The molecule has 0 spiro atoms. The maximum atomic E-state index is 12.3. The van der Waals surface area contributed by atoms with Gasteiger partial charge in [-0.2, -0.15) is 0 Å². The number of rotatable bonds is 7. The van der Waals surface area contributed by atoms with Gasteiger partial charge in [0.05, 0.1) is 9.82 Å². The van der Waals surface area contributed by atoms with Crippen molar-refractivity contribution in [3.05, 3.63) is 40.2 Å². The summed E-state index contributed by atoms with van der Waals surface area (Å²) in [5, 5.41) is 25.8. The fraction of sp³-hybridized carbons (Fsp3) is 0.438. The lowest BCUT2D eigenvalue weighted by atomic mass is 10.1. The molecule has 1 aliphatic heterocycles. The summed E-state index contributed by atoms with van der Waals surface area (Å²) in [6.45, 7) is 2.57. The molecule has 9 nitrogen and oxygen atoms in total. The number of nitrogens with zero attached hydrogens (tertiary/aromatic N) is 4. The number of nitrogens with one attached hydrogen (secondary N) is 2. The molecule has 1 fully saturated rings. The predicted octanol–water partition coefficient (Wildman–Crippen LogP) is 2.03. The first-order valence-electron chi connectivity index (χ1n) is 8.34. The van der Waals surface area contributed by atoms with E-state index < -0.39 is 4.92 Å². The Balaban J connectivity index is 0.00000261. The van der Waals surface area contributed by atoms with Crippen molar-refractivity contribution in [2.75, 3.05) is 19.6 Å². The molecule has 11 heteroatoms. The molecule has 3 rings (SSSR count). The smallest absolute Gasteiger partial charge is 0.284 e. The summed E-state index contributed by atoms with van der Waals surface area (Å²) in [6.07, 6.45) is 3.55. The fourth-order valence-electron chi connectivity index (χ4n) is 2.80. The van der Waals surface area contributed by atoms with Crippen LogP contribution in [0.25, 0.3) is 0 Å². The van der Waals surface area contributed by atoms with Crippen LogP contribution in [0.4, 0.5) is 5.69 Å². The summed E-state index contributed by atoms with van der Waals surface area (Å²) in [5.74, 6) is 0.282. The van der Waals surface area contributed by atoms with Crippen molar-refractivity contribution < 1.29 is 9.72 Å². The average Bonchev–Trinajstić information content (AvgIpc) is 3.27. The number of nitro groups is 1. The van der Waals surface area contributed by atoms with Crippen molar-refractivity contribution in [3.63, 3.8) is 0 Å². The van der Waals surface area contributed by atoms with Crippen LogP contribution in [0.5, 0.6) is 0 Å². The number of benzene rings is 1. The fourth-order valence-corrected chi connectivity index (χ4v) is 3.65. The van der Waals surface area contributed by atoms with E-state index in [0.29, 0.717) is 22.5 Å². The molecule has 1 aliphatic rings. The Hall–Kier alpha value is -2.17. The Kier molecular flexibility index (Phi) is 7.57. The molecule has 1 atom stereocenters. The van der Waals surface area contributed by atoms with Gasteiger partial charge in [-0.05, 0) is 55.7 Å². The zero-order valence-corrected chi connectivity index (χ0v) is 16.4. The molecular formula is C16H21ClN6O3S. The molecular weight excluding hydrogens is 392 g/mol. The molecule has 1 aromatic heterocycles. The Bertz CT molecular complexity index is 809. The standard InChI is InChI=1S/C16H20N6O3S.ClH/c1-21-10-19-20-16(21)26-14-3-2-12(8-13(14)22(24)25)15(23)18-7-5-11-4-6-17-9-11;/h2-3,8,10-11,17H,4-7,9H2,1H3,(H,18,23);1H. The lowest BCUT2D eigenvalue weighted by Crippen LogP contribution is -2.26. The van der Waals surface area contributed by atoms with E-state index in [2.05, 4.69) is 20.8 Å². The van der Waals surface area contributed by atoms with Gasteiger partial charge in [0.15, 0.2) is 5.16 Å². The van der Waals surface area contributed by atoms with Crippen molar-refractivity contribution >= 4 is 35.8 Å². The SMILES string of the molecule is Cl.Cn1cnnc1Sc1ccc(C(=O)NCCC2CCNC2)cc1[N+](=O)[O-]. The van der Waals surface area contributed by atoms with Crippen molar-refractivity contribution in [2.24, 2.45) is 13.0 Å². The first kappa shape index (κ1) is 21.1. The number of hydrogen-bond donors (Lipinski definition) is 2. The maximum absolute atomic E-state index is 12.3. The van der Waals surface area contributed by atoms with Gasteiger partial charge in [0.25, 0.3) is 11.6 Å². The number of halogens is 1. The van der Waals surface area contributed by atoms with Crippen LogP contribution < -0.4 is 10.6 Å². The second-order valence-corrected chi connectivity index (χ2v) is 7.18. The zero-order chi connectivity index (χ0) is 18.5. The van der Waals surface area contributed by atoms with Crippen molar-refractivity contribution in [3.8, 4) is 0 Å². The van der Waals surface area contributed by atoms with Gasteiger partial charge < -0.3 is 15.2 Å². The molecule has 2 heterocycles. The Morgan fingerprint density at radius 1 is 1.52 bits per heavy atom. The Morgan fingerprint density at radius 3 is 2.96 bits per heavy atom. The third-order valence-corrected chi connectivity index (χ3v) is 5.41. The summed E-state index contributed by atoms with van der Waals surface area (Å²) in [4.78, 5) is 23.6. The van der Waals surface area contributed by atoms with Crippen molar-refractivity contribution in [2.45, 2.75) is 22.9 Å². The molecule has 0 saturated carbocycles. The van der Waals surface area contributed by atoms with E-state index in [1.807, 2.05) is 0 Å². The lowest BCUT2D eigenvalue weighted by molar-refractivity contribution is -0.387. The maximum Gasteiger partial charge on any atom is 0.284 e. The molecule has 1 unspecified atom stereocenters. The lowest BCUT2D eigenvalue weighted by Gasteiger charge is -2.10. The van der Waals surface area contributed by atoms with Crippen molar-refractivity contribution in [1.29, 1.82) is 0 Å². The van der Waals surface area contributed by atoms with E-state index in [1.165, 1.54) is 12.4 Å². The summed E-state index contributed by atoms with van der Waals surface area (Å²) in [6, 6.07) is 4.48. The van der Waals surface area contributed by atoms with E-state index in [0.717, 1.165) is 37.7 Å². The monoisotopic (exact) mass is 412 g/mol. The highest BCUT2D eigenvalue weighted by Crippen LogP contribution is 2.34. The third-order valence-electron chi connectivity index (χ3n) is 4.29. The number of aromatic nitrogens is 3. The molecule has 0 aliphatic carbocycles. The number of carbonyl (C=O) groups is 1. The van der Waals surface area contributed by atoms with Crippen LogP contribution in [-0.2, 0) is 7.05 Å². The molecule has 1 aromatic carbocycles. The number of carbonyl (C=O) groups excluding carboxylic acids is 1. The van der Waals surface area contributed by atoms with Gasteiger partial charge in [-0.3, -0.25) is 14.9 Å². The molecule has 2 N–H and O–H groups in total. The molecule has 2 aromatic rings. The summed E-state index contributed by atoms with van der Waals surface area (Å²) < 4.78 is 1.67. The highest BCUT2D eigenvalue weighted by Gasteiger charge is 2.20. The number of nitro benzene ring substituents is 1.